The van der Waals surface area contributed by atoms with Crippen LogP contribution in [0.3, 0.4) is 0 Å². The average Bonchev–Trinajstić information content (AvgIpc) is 2.84. The third kappa shape index (κ3) is 3.30. The van der Waals surface area contributed by atoms with Gasteiger partial charge in [0, 0.05) is 5.56 Å². The molecule has 1 aliphatic rings. The number of ketones is 1. The van der Waals surface area contributed by atoms with Gasteiger partial charge in [-0.25, -0.2) is 0 Å². The lowest BCUT2D eigenvalue weighted by atomic mass is 9.97. The van der Waals surface area contributed by atoms with Crippen LogP contribution in [-0.2, 0) is 0 Å². The normalized spacial score (nSPS) is 15.1. The van der Waals surface area contributed by atoms with Gasteiger partial charge in [-0.15, -0.1) is 0 Å². The smallest absolute Gasteiger partial charge is 0.188 e. The standard InChI is InChI=1S/C20H20O/c21-20(18-10-4-1-2-5-11-18)19-14-12-17(13-15-19)16-8-6-3-7-9-16/h3,6-10,12-15H,1-2,4-5,11H2. The van der Waals surface area contributed by atoms with Gasteiger partial charge in [-0.05, 0) is 42.4 Å². The van der Waals surface area contributed by atoms with E-state index in [2.05, 4.69) is 18.2 Å². The molecule has 0 heterocycles. The van der Waals surface area contributed by atoms with Crippen LogP contribution in [0, 0.1) is 0 Å². The minimum absolute atomic E-state index is 0.205. The summed E-state index contributed by atoms with van der Waals surface area (Å²) in [7, 11) is 0. The molecule has 3 rings (SSSR count). The zero-order valence-electron chi connectivity index (χ0n) is 12.2. The predicted octanol–water partition coefficient (Wildman–Crippen LogP) is 5.43. The molecular weight excluding hydrogens is 256 g/mol. The third-order valence-electron chi connectivity index (χ3n) is 4.09. The van der Waals surface area contributed by atoms with Gasteiger partial charge in [0.15, 0.2) is 5.78 Å². The summed E-state index contributed by atoms with van der Waals surface area (Å²) >= 11 is 0. The Kier molecular flexibility index (Phi) is 4.30. The van der Waals surface area contributed by atoms with Crippen molar-refractivity contribution in [2.75, 3.05) is 0 Å². The molecule has 0 bridgehead atoms. The molecular formula is C20H20O. The summed E-state index contributed by atoms with van der Waals surface area (Å²) < 4.78 is 0. The molecule has 1 aliphatic carbocycles. The lowest BCUT2D eigenvalue weighted by molar-refractivity contribution is 0.103. The van der Waals surface area contributed by atoms with E-state index in [9.17, 15) is 4.79 Å². The largest absolute Gasteiger partial charge is 0.289 e. The Morgan fingerprint density at radius 2 is 1.48 bits per heavy atom. The summed E-state index contributed by atoms with van der Waals surface area (Å²) in [6.07, 6.45) is 7.70. The van der Waals surface area contributed by atoms with Gasteiger partial charge in [-0.1, -0.05) is 67.1 Å². The molecule has 0 saturated heterocycles. The number of benzene rings is 2. The Bertz CT molecular complexity index is 635. The first-order chi connectivity index (χ1) is 10.3. The third-order valence-corrected chi connectivity index (χ3v) is 4.09. The first kappa shape index (κ1) is 13.8. The van der Waals surface area contributed by atoms with E-state index < -0.39 is 0 Å². The fourth-order valence-corrected chi connectivity index (χ4v) is 2.85. The van der Waals surface area contributed by atoms with E-state index in [1.54, 1.807) is 0 Å². The van der Waals surface area contributed by atoms with Gasteiger partial charge in [0.05, 0.1) is 0 Å². The van der Waals surface area contributed by atoms with Crippen LogP contribution in [0.4, 0.5) is 0 Å². The van der Waals surface area contributed by atoms with Gasteiger partial charge in [-0.2, -0.15) is 0 Å². The van der Waals surface area contributed by atoms with Gasteiger partial charge in [0.25, 0.3) is 0 Å². The van der Waals surface area contributed by atoms with Crippen molar-refractivity contribution in [2.24, 2.45) is 0 Å². The number of carbonyl (C=O) groups excluding carboxylic acids is 1. The van der Waals surface area contributed by atoms with Crippen LogP contribution in [0.1, 0.15) is 42.5 Å². The van der Waals surface area contributed by atoms with Crippen LogP contribution in [0.15, 0.2) is 66.2 Å². The Hall–Kier alpha value is -2.15. The Morgan fingerprint density at radius 3 is 2.24 bits per heavy atom. The van der Waals surface area contributed by atoms with Crippen molar-refractivity contribution in [3.05, 3.63) is 71.8 Å². The minimum Gasteiger partial charge on any atom is -0.289 e. The maximum Gasteiger partial charge on any atom is 0.188 e. The van der Waals surface area contributed by atoms with E-state index in [0.29, 0.717) is 0 Å². The van der Waals surface area contributed by atoms with Crippen LogP contribution in [0.25, 0.3) is 11.1 Å². The van der Waals surface area contributed by atoms with Gasteiger partial charge in [0.2, 0.25) is 0 Å². The quantitative estimate of drug-likeness (QED) is 0.683. The summed E-state index contributed by atoms with van der Waals surface area (Å²) in [5.74, 6) is 0.205. The zero-order chi connectivity index (χ0) is 14.5. The summed E-state index contributed by atoms with van der Waals surface area (Å²) in [5.41, 5.74) is 4.15. The van der Waals surface area contributed by atoms with Crippen molar-refractivity contribution in [2.45, 2.75) is 32.1 Å². The first-order valence-corrected chi connectivity index (χ1v) is 7.74. The van der Waals surface area contributed by atoms with E-state index >= 15 is 0 Å². The number of hydrogen-bond acceptors (Lipinski definition) is 1. The zero-order valence-corrected chi connectivity index (χ0v) is 12.2. The average molecular weight is 276 g/mol. The maximum absolute atomic E-state index is 12.5. The molecule has 0 saturated carbocycles. The second-order valence-electron chi connectivity index (χ2n) is 5.60. The second kappa shape index (κ2) is 6.53. The van der Waals surface area contributed by atoms with Crippen molar-refractivity contribution in [1.82, 2.24) is 0 Å². The Labute approximate surface area is 126 Å². The van der Waals surface area contributed by atoms with Crippen molar-refractivity contribution >= 4 is 5.78 Å². The SMILES string of the molecule is O=C(C1=CCCCCC1)c1ccc(-c2ccccc2)cc1. The number of hydrogen-bond donors (Lipinski definition) is 0. The van der Waals surface area contributed by atoms with Crippen molar-refractivity contribution in [3.63, 3.8) is 0 Å². The molecule has 106 valence electrons. The topological polar surface area (TPSA) is 17.1 Å². The summed E-state index contributed by atoms with van der Waals surface area (Å²) in [4.78, 5) is 12.5. The van der Waals surface area contributed by atoms with Gasteiger partial charge in [-0.3, -0.25) is 4.79 Å². The molecule has 0 amide bonds. The van der Waals surface area contributed by atoms with E-state index in [1.807, 2.05) is 42.5 Å². The second-order valence-corrected chi connectivity index (χ2v) is 5.60. The molecule has 0 spiro atoms. The molecule has 0 aliphatic heterocycles. The van der Waals surface area contributed by atoms with Crippen LogP contribution in [0.5, 0.6) is 0 Å². The maximum atomic E-state index is 12.5. The van der Waals surface area contributed by atoms with Gasteiger partial charge in [0.1, 0.15) is 0 Å². The monoisotopic (exact) mass is 276 g/mol. The molecule has 1 nitrogen and oxygen atoms in total. The number of allylic oxidation sites excluding steroid dienone is 2. The summed E-state index contributed by atoms with van der Waals surface area (Å²) in [5, 5.41) is 0. The highest BCUT2D eigenvalue weighted by molar-refractivity contribution is 6.08. The number of Topliss-reactive ketones (excluding diaryl/α,β-unsaturated/α-hetero) is 1. The number of carbonyl (C=O) groups is 1. The highest BCUT2D eigenvalue weighted by atomic mass is 16.1. The van der Waals surface area contributed by atoms with Crippen LogP contribution in [0.2, 0.25) is 0 Å². The Morgan fingerprint density at radius 1 is 0.762 bits per heavy atom. The van der Waals surface area contributed by atoms with Crippen LogP contribution < -0.4 is 0 Å². The molecule has 21 heavy (non-hydrogen) atoms. The highest BCUT2D eigenvalue weighted by Crippen LogP contribution is 2.23. The van der Waals surface area contributed by atoms with Crippen LogP contribution in [-0.4, -0.2) is 5.78 Å². The molecule has 1 heteroatoms. The molecule has 0 aromatic heterocycles. The lowest BCUT2D eigenvalue weighted by Crippen LogP contribution is -2.03. The number of rotatable bonds is 3. The van der Waals surface area contributed by atoms with Crippen LogP contribution >= 0.6 is 0 Å². The molecule has 2 aromatic rings. The van der Waals surface area contributed by atoms with E-state index in [4.69, 9.17) is 0 Å². The van der Waals surface area contributed by atoms with Gasteiger partial charge < -0.3 is 0 Å². The van der Waals surface area contributed by atoms with E-state index in [1.165, 1.54) is 18.4 Å². The lowest BCUT2D eigenvalue weighted by Gasteiger charge is -2.06. The molecule has 0 unspecified atom stereocenters. The fourth-order valence-electron chi connectivity index (χ4n) is 2.85. The molecule has 0 N–H and O–H groups in total. The van der Waals surface area contributed by atoms with Crippen molar-refractivity contribution in [3.8, 4) is 11.1 Å². The molecule has 2 aromatic carbocycles. The summed E-state index contributed by atoms with van der Waals surface area (Å²) in [6, 6.07) is 18.2. The van der Waals surface area contributed by atoms with Crippen molar-refractivity contribution in [1.29, 1.82) is 0 Å². The highest BCUT2D eigenvalue weighted by Gasteiger charge is 2.13. The van der Waals surface area contributed by atoms with Gasteiger partial charge >= 0.3 is 0 Å². The Balaban J connectivity index is 1.81. The predicted molar refractivity (Wildman–Crippen MR) is 87.4 cm³/mol. The molecule has 0 fully saturated rings. The van der Waals surface area contributed by atoms with E-state index in [0.717, 1.165) is 36.0 Å². The molecule has 0 atom stereocenters. The first-order valence-electron chi connectivity index (χ1n) is 7.74. The minimum atomic E-state index is 0.205. The van der Waals surface area contributed by atoms with Crippen molar-refractivity contribution < 1.29 is 4.79 Å². The summed E-state index contributed by atoms with van der Waals surface area (Å²) in [6.45, 7) is 0. The van der Waals surface area contributed by atoms with E-state index in [-0.39, 0.29) is 5.78 Å². The fraction of sp³-hybridized carbons (Fsp3) is 0.250. The molecule has 0 radical (unpaired) electrons.